The van der Waals surface area contributed by atoms with E-state index in [2.05, 4.69) is 239 Å². The van der Waals surface area contributed by atoms with Crippen molar-refractivity contribution in [1.29, 1.82) is 0 Å². The number of aryl methyl sites for hydroxylation is 1. The second-order valence-corrected chi connectivity index (χ2v) is 29.0. The van der Waals surface area contributed by atoms with Gasteiger partial charge in [0.05, 0.1) is 20.1 Å². The molecule has 0 radical (unpaired) electrons. The van der Waals surface area contributed by atoms with Crippen LogP contribution in [0.5, 0.6) is 0 Å². The number of furan rings is 1. The summed E-state index contributed by atoms with van der Waals surface area (Å²) in [5.74, 6) is 2.58. The summed E-state index contributed by atoms with van der Waals surface area (Å²) in [4.78, 5) is 0. The van der Waals surface area contributed by atoms with Crippen molar-refractivity contribution in [3.8, 4) is 50.6 Å². The summed E-state index contributed by atoms with van der Waals surface area (Å²) in [5.41, 5.74) is 22.5. The highest BCUT2D eigenvalue weighted by atomic mass is 28.3. The molecule has 5 heteroatoms. The SMILES string of the molecule is C=C1CC2C(CCc3cc4oc5ccc(-c6ccccc6)cc5c4cc3-c3n(-c4c(C(C)C)cc(-c5ccccc5)cc4C(C)C)c4ccccc4[n+]31)c1ccccc1-c1cc(CC(CC)CCC)c([Si](C)(C)C)c[n+]12. The highest BCUT2D eigenvalue weighted by Crippen LogP contribution is 2.48. The molecule has 2 aliphatic rings. The number of benzene rings is 7. The molecular formula is C71H75N3OSi+2. The Hall–Kier alpha value is -7.08. The van der Waals surface area contributed by atoms with Gasteiger partial charge in [-0.25, -0.2) is 0 Å². The zero-order valence-corrected chi connectivity index (χ0v) is 47.4. The lowest BCUT2D eigenvalue weighted by Gasteiger charge is -2.33. The molecule has 0 bridgehead atoms. The van der Waals surface area contributed by atoms with Gasteiger partial charge in [-0.1, -0.05) is 184 Å². The summed E-state index contributed by atoms with van der Waals surface area (Å²) >= 11 is 0. The molecule has 4 nitrogen and oxygen atoms in total. The number of nitrogens with zero attached hydrogens (tertiary/aromatic N) is 3. The van der Waals surface area contributed by atoms with Crippen LogP contribution < -0.4 is 14.3 Å². The number of rotatable bonds is 11. The van der Waals surface area contributed by atoms with Crippen LogP contribution in [0.15, 0.2) is 175 Å². The Morgan fingerprint density at radius 1 is 0.671 bits per heavy atom. The Morgan fingerprint density at radius 3 is 2.01 bits per heavy atom. The average molecular weight is 1010 g/mol. The fourth-order valence-corrected chi connectivity index (χ4v) is 15.1. The van der Waals surface area contributed by atoms with E-state index in [0.29, 0.717) is 5.92 Å². The number of hydrogen-bond donors (Lipinski definition) is 0. The van der Waals surface area contributed by atoms with Gasteiger partial charge in [-0.05, 0) is 131 Å². The molecule has 7 aromatic carbocycles. The first-order chi connectivity index (χ1) is 36.8. The van der Waals surface area contributed by atoms with Crippen LogP contribution >= 0.6 is 0 Å². The van der Waals surface area contributed by atoms with E-state index in [0.717, 1.165) is 59.1 Å². The summed E-state index contributed by atoms with van der Waals surface area (Å²) in [6.45, 7) is 27.2. The monoisotopic (exact) mass is 1010 g/mol. The maximum Gasteiger partial charge on any atom is 0.300 e. The summed E-state index contributed by atoms with van der Waals surface area (Å²) in [5, 5.41) is 3.87. The van der Waals surface area contributed by atoms with Crippen LogP contribution in [0.2, 0.25) is 19.6 Å². The van der Waals surface area contributed by atoms with Gasteiger partial charge < -0.3 is 4.42 Å². The van der Waals surface area contributed by atoms with Gasteiger partial charge in [-0.15, -0.1) is 0 Å². The Labute approximate surface area is 452 Å². The standard InChI is InChI=1S/C71H75N3OSi/c1-11-23-48(12-2)37-54-41-66-56-29-20-19-28-55(56)57-34-32-52-42-68-62(61-38-51(33-35-67(61)75-68)49-24-15-13-16-25-49)43-60(52)71-73(47(7)36-65(57)72(66)44-69(54)76(8,9)10)63-30-21-22-31-64(63)74(71)70-58(45(3)4)39-53(40-59(70)46(5)6)50-26-17-14-18-27-50/h13-22,24-31,33,35,38-46,48,57,65H,7,11-12,23,32,34,36-37H2,1-6,8-10H3/q+2. The van der Waals surface area contributed by atoms with Crippen LogP contribution in [0.4, 0.5) is 0 Å². The summed E-state index contributed by atoms with van der Waals surface area (Å²) < 4.78 is 15.0. The lowest BCUT2D eigenvalue weighted by Crippen LogP contribution is -2.54. The first-order valence-electron chi connectivity index (χ1n) is 28.5. The van der Waals surface area contributed by atoms with Crippen molar-refractivity contribution in [2.24, 2.45) is 5.92 Å². The molecule has 5 heterocycles. The Bertz CT molecular complexity index is 3820. The van der Waals surface area contributed by atoms with Crippen LogP contribution in [-0.2, 0) is 12.8 Å². The lowest BCUT2D eigenvalue weighted by atomic mass is 9.77. The Kier molecular flexibility index (Phi) is 13.0. The largest absolute Gasteiger partial charge is 0.456 e. The summed E-state index contributed by atoms with van der Waals surface area (Å²) in [7, 11) is -1.80. The third kappa shape index (κ3) is 8.60. The second-order valence-electron chi connectivity index (χ2n) is 23.9. The Morgan fingerprint density at radius 2 is 1.33 bits per heavy atom. The minimum atomic E-state index is -1.80. The van der Waals surface area contributed by atoms with Crippen molar-refractivity contribution in [3.63, 3.8) is 0 Å². The Balaban J connectivity index is 1.16. The van der Waals surface area contributed by atoms with Gasteiger partial charge in [-0.2, -0.15) is 13.7 Å². The number of allylic oxidation sites excluding steroid dienone is 1. The lowest BCUT2D eigenvalue weighted by molar-refractivity contribution is -0.719. The second kappa shape index (κ2) is 19.8. The van der Waals surface area contributed by atoms with E-state index in [1.54, 1.807) is 10.8 Å². The molecule has 3 aromatic heterocycles. The molecular weight excluding hydrogens is 939 g/mol. The molecule has 2 aliphatic heterocycles. The van der Waals surface area contributed by atoms with Gasteiger partial charge in [0.2, 0.25) is 5.69 Å². The summed E-state index contributed by atoms with van der Waals surface area (Å²) in [6.07, 6.45) is 10.2. The molecule has 0 saturated heterocycles. The normalized spacial score (nSPS) is 16.0. The van der Waals surface area contributed by atoms with Crippen molar-refractivity contribution in [2.75, 3.05) is 0 Å². The van der Waals surface area contributed by atoms with E-state index in [4.69, 9.17) is 11.0 Å². The first-order valence-corrected chi connectivity index (χ1v) is 32.0. The van der Waals surface area contributed by atoms with E-state index in [9.17, 15) is 0 Å². The van der Waals surface area contributed by atoms with Crippen molar-refractivity contribution in [1.82, 2.24) is 4.57 Å². The van der Waals surface area contributed by atoms with E-state index < -0.39 is 8.07 Å². The van der Waals surface area contributed by atoms with Gasteiger partial charge in [0.15, 0.2) is 23.3 Å². The third-order valence-electron chi connectivity index (χ3n) is 17.3. The van der Waals surface area contributed by atoms with E-state index in [1.165, 1.54) is 97.3 Å². The highest BCUT2D eigenvalue weighted by molar-refractivity contribution is 6.89. The molecule has 12 rings (SSSR count). The van der Waals surface area contributed by atoms with Crippen molar-refractivity contribution >= 4 is 51.9 Å². The quantitative estimate of drug-likeness (QED) is 0.0936. The molecule has 0 fully saturated rings. The molecule has 3 atom stereocenters. The smallest absolute Gasteiger partial charge is 0.300 e. The van der Waals surface area contributed by atoms with Gasteiger partial charge >= 0.3 is 0 Å². The van der Waals surface area contributed by atoms with Crippen LogP contribution in [0, 0.1) is 5.92 Å². The van der Waals surface area contributed by atoms with Gasteiger partial charge in [0.1, 0.15) is 22.6 Å². The molecule has 0 spiro atoms. The van der Waals surface area contributed by atoms with E-state index in [1.807, 2.05) is 0 Å². The van der Waals surface area contributed by atoms with E-state index in [-0.39, 0.29) is 23.8 Å². The topological polar surface area (TPSA) is 25.8 Å². The van der Waals surface area contributed by atoms with E-state index >= 15 is 0 Å². The number of pyridine rings is 1. The predicted octanol–water partition coefficient (Wildman–Crippen LogP) is 18.1. The molecule has 0 aliphatic carbocycles. The molecule has 382 valence electrons. The highest BCUT2D eigenvalue weighted by Gasteiger charge is 2.45. The minimum Gasteiger partial charge on any atom is -0.456 e. The van der Waals surface area contributed by atoms with Crippen LogP contribution in [0.25, 0.3) is 89.3 Å². The number of fused-ring (bicyclic) bond motifs is 14. The average Bonchev–Trinajstić information content (AvgIpc) is 4.19. The van der Waals surface area contributed by atoms with Crippen molar-refractivity contribution in [3.05, 3.63) is 198 Å². The number of imidazole rings is 1. The molecule has 0 N–H and O–H groups in total. The molecule has 3 unspecified atom stereocenters. The maximum atomic E-state index is 6.96. The van der Waals surface area contributed by atoms with Gasteiger partial charge in [-0.3, -0.25) is 0 Å². The predicted molar refractivity (Wildman–Crippen MR) is 323 cm³/mol. The zero-order chi connectivity index (χ0) is 52.6. The number of para-hydroxylation sites is 2. The molecule has 10 aromatic rings. The maximum absolute atomic E-state index is 6.96. The van der Waals surface area contributed by atoms with Crippen LogP contribution in [-0.4, -0.2) is 12.6 Å². The van der Waals surface area contributed by atoms with Gasteiger partial charge in [0, 0.05) is 44.6 Å². The molecule has 0 amide bonds. The van der Waals surface area contributed by atoms with Gasteiger partial charge in [0.25, 0.3) is 5.82 Å². The van der Waals surface area contributed by atoms with Crippen molar-refractivity contribution in [2.45, 2.75) is 130 Å². The zero-order valence-electron chi connectivity index (χ0n) is 46.4. The molecule has 76 heavy (non-hydrogen) atoms. The minimum absolute atomic E-state index is 0.150. The van der Waals surface area contributed by atoms with Crippen LogP contribution in [0.3, 0.4) is 0 Å². The third-order valence-corrected chi connectivity index (χ3v) is 19.4. The number of aromatic nitrogens is 3. The summed E-state index contributed by atoms with van der Waals surface area (Å²) in [6, 6.07) is 59.6. The number of hydrogen-bond acceptors (Lipinski definition) is 1. The fourth-order valence-electron chi connectivity index (χ4n) is 13.5. The van der Waals surface area contributed by atoms with Crippen LogP contribution in [0.1, 0.15) is 125 Å². The molecule has 0 saturated carbocycles. The fraction of sp³-hybridized carbons (Fsp3) is 0.296. The van der Waals surface area contributed by atoms with Crippen molar-refractivity contribution < 1.29 is 13.6 Å². The first kappa shape index (κ1) is 49.8.